The second kappa shape index (κ2) is 9.68. The SMILES string of the molecule is CC(=O)OC[C@H]1O[C@@H](n2ncc3nccnc32)[C@H](OC(C)=O)[C@H](OC(C)=O)[C@@H]1OC(C)=O. The molecule has 13 heteroatoms. The quantitative estimate of drug-likeness (QED) is 0.432. The zero-order chi connectivity index (χ0) is 23.4. The lowest BCUT2D eigenvalue weighted by Crippen LogP contribution is -2.60. The topological polar surface area (TPSA) is 158 Å². The Morgan fingerprint density at radius 1 is 0.875 bits per heavy atom. The van der Waals surface area contributed by atoms with E-state index in [9.17, 15) is 19.2 Å². The number of aromatic nitrogens is 4. The van der Waals surface area contributed by atoms with Crippen LogP contribution in [0.4, 0.5) is 0 Å². The molecule has 13 nitrogen and oxygen atoms in total. The van der Waals surface area contributed by atoms with Crippen LogP contribution in [0.25, 0.3) is 11.2 Å². The zero-order valence-corrected chi connectivity index (χ0v) is 17.8. The predicted molar refractivity (Wildman–Crippen MR) is 103 cm³/mol. The van der Waals surface area contributed by atoms with Crippen molar-refractivity contribution in [1.29, 1.82) is 0 Å². The smallest absolute Gasteiger partial charge is 0.303 e. The average molecular weight is 450 g/mol. The Kier molecular flexibility index (Phi) is 6.98. The molecule has 1 aliphatic heterocycles. The summed E-state index contributed by atoms with van der Waals surface area (Å²) < 4.78 is 28.6. The van der Waals surface area contributed by atoms with Gasteiger partial charge in [-0.1, -0.05) is 0 Å². The van der Waals surface area contributed by atoms with Gasteiger partial charge in [-0.05, 0) is 0 Å². The average Bonchev–Trinajstić information content (AvgIpc) is 3.12. The molecule has 0 unspecified atom stereocenters. The van der Waals surface area contributed by atoms with Gasteiger partial charge < -0.3 is 23.7 Å². The first-order chi connectivity index (χ1) is 15.2. The van der Waals surface area contributed by atoms with Gasteiger partial charge in [0.15, 0.2) is 30.2 Å². The molecule has 2 aromatic heterocycles. The van der Waals surface area contributed by atoms with Crippen molar-refractivity contribution >= 4 is 35.0 Å². The van der Waals surface area contributed by atoms with E-state index in [0.29, 0.717) is 11.2 Å². The normalized spacial score (nSPS) is 25.1. The third-order valence-electron chi connectivity index (χ3n) is 4.43. The Morgan fingerprint density at radius 2 is 1.47 bits per heavy atom. The number of nitrogens with zero attached hydrogens (tertiary/aromatic N) is 4. The number of ether oxygens (including phenoxy) is 5. The summed E-state index contributed by atoms with van der Waals surface area (Å²) in [5, 5.41) is 4.23. The number of carbonyl (C=O) groups excluding carboxylic acids is 4. The van der Waals surface area contributed by atoms with Gasteiger partial charge in [0.1, 0.15) is 18.2 Å². The molecule has 5 atom stereocenters. The maximum atomic E-state index is 11.9. The molecule has 0 amide bonds. The fourth-order valence-electron chi connectivity index (χ4n) is 3.37. The Morgan fingerprint density at radius 3 is 2.09 bits per heavy atom. The van der Waals surface area contributed by atoms with Crippen LogP contribution in [0.1, 0.15) is 33.9 Å². The molecule has 0 aromatic carbocycles. The van der Waals surface area contributed by atoms with E-state index in [2.05, 4.69) is 15.1 Å². The van der Waals surface area contributed by atoms with Gasteiger partial charge in [-0.3, -0.25) is 19.2 Å². The minimum atomic E-state index is -1.30. The van der Waals surface area contributed by atoms with Crippen LogP contribution in [0, 0.1) is 0 Å². The number of hydrogen-bond donors (Lipinski definition) is 0. The van der Waals surface area contributed by atoms with Gasteiger partial charge in [0.2, 0.25) is 0 Å². The lowest BCUT2D eigenvalue weighted by atomic mass is 9.97. The lowest BCUT2D eigenvalue weighted by molar-refractivity contribution is -0.269. The predicted octanol–water partition coefficient (Wildman–Crippen LogP) is 0.0819. The molecule has 1 saturated heterocycles. The Balaban J connectivity index is 2.10. The molecule has 0 aliphatic carbocycles. The van der Waals surface area contributed by atoms with Crippen LogP contribution < -0.4 is 0 Å². The maximum Gasteiger partial charge on any atom is 0.303 e. The van der Waals surface area contributed by atoms with Crippen molar-refractivity contribution in [3.63, 3.8) is 0 Å². The van der Waals surface area contributed by atoms with Gasteiger partial charge in [0.05, 0.1) is 6.20 Å². The van der Waals surface area contributed by atoms with E-state index >= 15 is 0 Å². The van der Waals surface area contributed by atoms with Crippen molar-refractivity contribution in [2.24, 2.45) is 0 Å². The van der Waals surface area contributed by atoms with Crippen molar-refractivity contribution in [2.45, 2.75) is 58.3 Å². The van der Waals surface area contributed by atoms with E-state index in [4.69, 9.17) is 23.7 Å². The molecule has 0 spiro atoms. The van der Waals surface area contributed by atoms with E-state index in [-0.39, 0.29) is 6.61 Å². The Labute approximate surface area is 181 Å². The third-order valence-corrected chi connectivity index (χ3v) is 4.43. The summed E-state index contributed by atoms with van der Waals surface area (Å²) in [4.78, 5) is 55.3. The molecule has 1 fully saturated rings. The molecule has 32 heavy (non-hydrogen) atoms. The monoisotopic (exact) mass is 450 g/mol. The van der Waals surface area contributed by atoms with Crippen LogP contribution in [0.3, 0.4) is 0 Å². The van der Waals surface area contributed by atoms with E-state index in [0.717, 1.165) is 20.8 Å². The molecular weight excluding hydrogens is 428 g/mol. The van der Waals surface area contributed by atoms with E-state index in [1.165, 1.54) is 30.2 Å². The van der Waals surface area contributed by atoms with Crippen molar-refractivity contribution in [3.05, 3.63) is 18.6 Å². The summed E-state index contributed by atoms with van der Waals surface area (Å²) in [6, 6.07) is 0. The molecule has 2 aromatic rings. The Hall–Kier alpha value is -3.61. The van der Waals surface area contributed by atoms with Crippen molar-refractivity contribution < 1.29 is 42.9 Å². The number of fused-ring (bicyclic) bond motifs is 1. The first-order valence-electron chi connectivity index (χ1n) is 9.62. The van der Waals surface area contributed by atoms with Crippen LogP contribution in [0.5, 0.6) is 0 Å². The first kappa shape index (κ1) is 23.1. The zero-order valence-electron chi connectivity index (χ0n) is 17.8. The third kappa shape index (κ3) is 5.17. The van der Waals surface area contributed by atoms with Gasteiger partial charge in [-0.15, -0.1) is 0 Å². The van der Waals surface area contributed by atoms with Crippen LogP contribution in [0.2, 0.25) is 0 Å². The fourth-order valence-corrected chi connectivity index (χ4v) is 3.37. The van der Waals surface area contributed by atoms with Crippen LogP contribution in [-0.2, 0) is 42.9 Å². The van der Waals surface area contributed by atoms with Gasteiger partial charge >= 0.3 is 23.9 Å². The molecule has 0 saturated carbocycles. The molecular formula is C19H22N4O9. The van der Waals surface area contributed by atoms with E-state index in [1.807, 2.05) is 0 Å². The minimum Gasteiger partial charge on any atom is -0.463 e. The Bertz CT molecular complexity index is 1020. The van der Waals surface area contributed by atoms with Crippen molar-refractivity contribution in [1.82, 2.24) is 19.7 Å². The lowest BCUT2D eigenvalue weighted by Gasteiger charge is -2.44. The van der Waals surface area contributed by atoms with Gasteiger partial charge in [-0.25, -0.2) is 14.6 Å². The number of rotatable bonds is 6. The summed E-state index contributed by atoms with van der Waals surface area (Å²) in [5.74, 6) is -2.74. The largest absolute Gasteiger partial charge is 0.463 e. The van der Waals surface area contributed by atoms with Crippen LogP contribution >= 0.6 is 0 Å². The maximum absolute atomic E-state index is 11.9. The van der Waals surface area contributed by atoms with Gasteiger partial charge in [0, 0.05) is 40.1 Å². The summed E-state index contributed by atoms with van der Waals surface area (Å²) in [5.41, 5.74) is 0.730. The minimum absolute atomic E-state index is 0.299. The molecule has 0 radical (unpaired) electrons. The van der Waals surface area contributed by atoms with Crippen LogP contribution in [-0.4, -0.2) is 74.6 Å². The van der Waals surface area contributed by atoms with Crippen molar-refractivity contribution in [2.75, 3.05) is 6.61 Å². The highest BCUT2D eigenvalue weighted by Gasteiger charge is 2.53. The number of hydrogen-bond acceptors (Lipinski definition) is 12. The second-order valence-corrected chi connectivity index (χ2v) is 6.94. The summed E-state index contributed by atoms with van der Waals surface area (Å²) in [7, 11) is 0. The molecule has 3 heterocycles. The highest BCUT2D eigenvalue weighted by atomic mass is 16.7. The van der Waals surface area contributed by atoms with Gasteiger partial charge in [-0.2, -0.15) is 5.10 Å². The van der Waals surface area contributed by atoms with Crippen molar-refractivity contribution in [3.8, 4) is 0 Å². The molecule has 1 aliphatic rings. The summed E-state index contributed by atoms with van der Waals surface area (Å²) >= 11 is 0. The summed E-state index contributed by atoms with van der Waals surface area (Å²) in [6.45, 7) is 4.32. The molecule has 0 bridgehead atoms. The molecule has 0 N–H and O–H groups in total. The van der Waals surface area contributed by atoms with E-state index < -0.39 is 54.5 Å². The highest BCUT2D eigenvalue weighted by molar-refractivity contribution is 5.70. The second-order valence-electron chi connectivity index (χ2n) is 6.94. The highest BCUT2D eigenvalue weighted by Crippen LogP contribution is 2.35. The fraction of sp³-hybridized carbons (Fsp3) is 0.526. The molecule has 3 rings (SSSR count). The summed E-state index contributed by atoms with van der Waals surface area (Å²) in [6.07, 6.45) is -1.74. The van der Waals surface area contributed by atoms with Gasteiger partial charge in [0.25, 0.3) is 0 Å². The first-order valence-corrected chi connectivity index (χ1v) is 9.62. The number of esters is 4. The number of carbonyl (C=O) groups is 4. The van der Waals surface area contributed by atoms with E-state index in [1.54, 1.807) is 0 Å². The van der Waals surface area contributed by atoms with Crippen LogP contribution in [0.15, 0.2) is 18.6 Å². The standard InChI is InChI=1S/C19H22N4O9/c1-9(24)28-8-14-15(29-10(2)25)16(30-11(3)26)17(31-12(4)27)19(32-14)23-18-13(7-22-23)20-5-6-21-18/h5-7,14-17,19H,8H2,1-4H3/t14-,15-,16-,17-,19-/m1/s1. The molecule has 172 valence electrons.